The fourth-order valence-corrected chi connectivity index (χ4v) is 2.97. The van der Waals surface area contributed by atoms with Crippen LogP contribution in [-0.2, 0) is 4.79 Å². The maximum atomic E-state index is 12.7. The molecule has 25 heavy (non-hydrogen) atoms. The van der Waals surface area contributed by atoms with E-state index < -0.39 is 11.5 Å². The number of carbonyl (C=O) groups excluding carboxylic acids is 1. The minimum atomic E-state index is -0.920. The fraction of sp³-hybridized carbons (Fsp3) is 0.421. The Labute approximate surface area is 147 Å². The summed E-state index contributed by atoms with van der Waals surface area (Å²) in [4.78, 5) is 23.9. The van der Waals surface area contributed by atoms with Gasteiger partial charge in [-0.1, -0.05) is 26.0 Å². The summed E-state index contributed by atoms with van der Waals surface area (Å²) in [6.07, 6.45) is 2.53. The molecule has 2 rings (SSSR count). The molecule has 0 atom stereocenters. The lowest BCUT2D eigenvalue weighted by Gasteiger charge is -2.31. The van der Waals surface area contributed by atoms with Crippen molar-refractivity contribution in [2.24, 2.45) is 0 Å². The Morgan fingerprint density at radius 3 is 2.48 bits per heavy atom. The molecular weight excluding hydrogens is 318 g/mol. The van der Waals surface area contributed by atoms with Gasteiger partial charge in [-0.15, -0.1) is 0 Å². The normalized spacial score (nSPS) is 11.4. The predicted octanol–water partition coefficient (Wildman–Crippen LogP) is 3.25. The van der Waals surface area contributed by atoms with Crippen molar-refractivity contribution in [3.05, 3.63) is 47.3 Å². The van der Waals surface area contributed by atoms with Gasteiger partial charge in [-0.05, 0) is 44.4 Å². The number of benzene rings is 1. The average molecular weight is 343 g/mol. The summed E-state index contributed by atoms with van der Waals surface area (Å²) in [5, 5.41) is 16.4. The molecule has 0 aliphatic carbocycles. The molecule has 2 N–H and O–H groups in total. The smallest absolute Gasteiger partial charge is 0.305 e. The van der Waals surface area contributed by atoms with Gasteiger partial charge in [0.25, 0.3) is 5.91 Å². The maximum absolute atomic E-state index is 12.7. The highest BCUT2D eigenvalue weighted by molar-refractivity contribution is 5.96. The number of aliphatic carboxylic acids is 1. The Morgan fingerprint density at radius 1 is 1.24 bits per heavy atom. The largest absolute Gasteiger partial charge is 0.481 e. The van der Waals surface area contributed by atoms with Crippen molar-refractivity contribution in [3.63, 3.8) is 0 Å². The van der Waals surface area contributed by atoms with Crippen LogP contribution in [0.15, 0.2) is 30.5 Å². The molecule has 0 unspecified atom stereocenters. The second-order valence-electron chi connectivity index (χ2n) is 6.41. The van der Waals surface area contributed by atoms with Crippen LogP contribution < -0.4 is 5.32 Å². The van der Waals surface area contributed by atoms with Gasteiger partial charge in [0, 0.05) is 0 Å². The van der Waals surface area contributed by atoms with Crippen LogP contribution >= 0.6 is 0 Å². The molecule has 6 nitrogen and oxygen atoms in total. The van der Waals surface area contributed by atoms with E-state index in [4.69, 9.17) is 5.11 Å². The molecule has 6 heteroatoms. The maximum Gasteiger partial charge on any atom is 0.305 e. The lowest BCUT2D eigenvalue weighted by Crippen LogP contribution is -2.49. The zero-order valence-corrected chi connectivity index (χ0v) is 15.2. The van der Waals surface area contributed by atoms with Gasteiger partial charge in [0.05, 0.1) is 35.1 Å². The van der Waals surface area contributed by atoms with E-state index in [9.17, 15) is 9.59 Å². The number of aryl methyl sites for hydroxylation is 1. The van der Waals surface area contributed by atoms with Crippen molar-refractivity contribution < 1.29 is 14.7 Å². The minimum Gasteiger partial charge on any atom is -0.481 e. The lowest BCUT2D eigenvalue weighted by atomic mass is 9.88. The molecular formula is C19H25N3O3. The number of nitrogens with zero attached hydrogens (tertiary/aromatic N) is 2. The van der Waals surface area contributed by atoms with E-state index in [0.717, 1.165) is 16.9 Å². The Kier molecular flexibility index (Phi) is 5.62. The van der Waals surface area contributed by atoms with Crippen molar-refractivity contribution >= 4 is 11.9 Å². The van der Waals surface area contributed by atoms with Crippen molar-refractivity contribution in [3.8, 4) is 5.69 Å². The van der Waals surface area contributed by atoms with E-state index in [-0.39, 0.29) is 12.3 Å². The quantitative estimate of drug-likeness (QED) is 0.808. The Bertz CT molecular complexity index is 776. The topological polar surface area (TPSA) is 84.2 Å². The zero-order valence-electron chi connectivity index (χ0n) is 15.2. The van der Waals surface area contributed by atoms with E-state index in [1.54, 1.807) is 4.68 Å². The van der Waals surface area contributed by atoms with Crippen LogP contribution in [0.3, 0.4) is 0 Å². The van der Waals surface area contributed by atoms with Crippen molar-refractivity contribution in [2.75, 3.05) is 0 Å². The monoisotopic (exact) mass is 343 g/mol. The van der Waals surface area contributed by atoms with E-state index in [0.29, 0.717) is 18.4 Å². The molecule has 0 bridgehead atoms. The molecule has 0 aliphatic rings. The van der Waals surface area contributed by atoms with Crippen LogP contribution in [0.4, 0.5) is 0 Å². The summed E-state index contributed by atoms with van der Waals surface area (Å²) < 4.78 is 1.72. The van der Waals surface area contributed by atoms with Crippen LogP contribution in [0.5, 0.6) is 0 Å². The van der Waals surface area contributed by atoms with Gasteiger partial charge in [0.1, 0.15) is 0 Å². The Balaban J connectivity index is 2.30. The molecule has 2 aromatic rings. The highest BCUT2D eigenvalue weighted by atomic mass is 16.4. The minimum absolute atomic E-state index is 0.100. The van der Waals surface area contributed by atoms with Crippen LogP contribution in [0, 0.1) is 13.8 Å². The van der Waals surface area contributed by atoms with Crippen LogP contribution in [0.25, 0.3) is 5.69 Å². The molecule has 0 fully saturated rings. The van der Waals surface area contributed by atoms with E-state index in [2.05, 4.69) is 10.4 Å². The number of carboxylic acid groups (broad SMARTS) is 1. The van der Waals surface area contributed by atoms with Gasteiger partial charge >= 0.3 is 5.97 Å². The lowest BCUT2D eigenvalue weighted by molar-refractivity contribution is -0.138. The van der Waals surface area contributed by atoms with Gasteiger partial charge in [0.15, 0.2) is 0 Å². The predicted molar refractivity (Wildman–Crippen MR) is 96.1 cm³/mol. The summed E-state index contributed by atoms with van der Waals surface area (Å²) >= 11 is 0. The van der Waals surface area contributed by atoms with Crippen LogP contribution in [-0.4, -0.2) is 32.3 Å². The summed E-state index contributed by atoms with van der Waals surface area (Å²) in [7, 11) is 0. The molecule has 1 aromatic heterocycles. The third kappa shape index (κ3) is 4.07. The molecule has 1 aromatic carbocycles. The van der Waals surface area contributed by atoms with Gasteiger partial charge in [-0.2, -0.15) is 5.10 Å². The highest BCUT2D eigenvalue weighted by Crippen LogP contribution is 2.22. The first-order chi connectivity index (χ1) is 11.8. The number of aromatic nitrogens is 2. The van der Waals surface area contributed by atoms with Gasteiger partial charge in [0.2, 0.25) is 0 Å². The molecule has 1 amide bonds. The van der Waals surface area contributed by atoms with E-state index >= 15 is 0 Å². The summed E-state index contributed by atoms with van der Waals surface area (Å²) in [6, 6.07) is 7.87. The standard InChI is InChI=1S/C19H25N3O3/c1-5-19(6-2,11-17(23)24)21-18(25)16-12-20-22(14(16)4)15-9-7-8-13(3)10-15/h7-10,12H,5-6,11H2,1-4H3,(H,21,25)(H,23,24). The summed E-state index contributed by atoms with van der Waals surface area (Å²) in [6.45, 7) is 7.60. The number of amides is 1. The molecule has 134 valence electrons. The molecule has 0 spiro atoms. The third-order valence-corrected chi connectivity index (χ3v) is 4.72. The van der Waals surface area contributed by atoms with Crippen LogP contribution in [0.1, 0.15) is 54.7 Å². The van der Waals surface area contributed by atoms with Crippen molar-refractivity contribution in [2.45, 2.75) is 52.5 Å². The third-order valence-electron chi connectivity index (χ3n) is 4.72. The number of hydrogen-bond acceptors (Lipinski definition) is 3. The molecule has 1 heterocycles. The second kappa shape index (κ2) is 7.51. The average Bonchev–Trinajstić information content (AvgIpc) is 2.95. The SMILES string of the molecule is CCC(CC)(CC(=O)O)NC(=O)c1cnn(-c2cccc(C)c2)c1C. The number of carbonyl (C=O) groups is 2. The Hall–Kier alpha value is -2.63. The number of rotatable bonds is 7. The van der Waals surface area contributed by atoms with Crippen molar-refractivity contribution in [1.29, 1.82) is 0 Å². The number of hydrogen-bond donors (Lipinski definition) is 2. The van der Waals surface area contributed by atoms with Gasteiger partial charge in [-0.3, -0.25) is 9.59 Å². The molecule has 0 aliphatic heterocycles. The molecule has 0 saturated heterocycles. The molecule has 0 radical (unpaired) electrons. The van der Waals surface area contributed by atoms with Crippen LogP contribution in [0.2, 0.25) is 0 Å². The number of carboxylic acids is 1. The first kappa shape index (κ1) is 18.7. The fourth-order valence-electron chi connectivity index (χ4n) is 2.97. The van der Waals surface area contributed by atoms with Gasteiger partial charge < -0.3 is 10.4 Å². The zero-order chi connectivity index (χ0) is 18.6. The van der Waals surface area contributed by atoms with Crippen molar-refractivity contribution in [1.82, 2.24) is 15.1 Å². The first-order valence-electron chi connectivity index (χ1n) is 8.48. The van der Waals surface area contributed by atoms with Gasteiger partial charge in [-0.25, -0.2) is 4.68 Å². The Morgan fingerprint density at radius 2 is 1.92 bits per heavy atom. The second-order valence-corrected chi connectivity index (χ2v) is 6.41. The summed E-state index contributed by atoms with van der Waals surface area (Å²) in [5.74, 6) is -1.21. The highest BCUT2D eigenvalue weighted by Gasteiger charge is 2.32. The number of nitrogens with one attached hydrogen (secondary N) is 1. The first-order valence-corrected chi connectivity index (χ1v) is 8.48. The van der Waals surface area contributed by atoms with E-state index in [1.165, 1.54) is 6.20 Å². The summed E-state index contributed by atoms with van der Waals surface area (Å²) in [5.41, 5.74) is 2.42. The molecule has 0 saturated carbocycles. The van der Waals surface area contributed by atoms with E-state index in [1.807, 2.05) is 52.0 Å².